The van der Waals surface area contributed by atoms with Gasteiger partial charge in [0, 0.05) is 18.0 Å². The predicted octanol–water partition coefficient (Wildman–Crippen LogP) is 1.48. The first kappa shape index (κ1) is 12.2. The lowest BCUT2D eigenvalue weighted by molar-refractivity contribution is 0.449. The molecular formula is C11H17N5S. The first-order valence-corrected chi connectivity index (χ1v) is 6.65. The van der Waals surface area contributed by atoms with Crippen LogP contribution < -0.4 is 5.32 Å². The van der Waals surface area contributed by atoms with Gasteiger partial charge in [0.25, 0.3) is 0 Å². The summed E-state index contributed by atoms with van der Waals surface area (Å²) in [5.41, 5.74) is 1.18. The second kappa shape index (κ2) is 5.88. The summed E-state index contributed by atoms with van der Waals surface area (Å²) < 4.78 is 1.83. The molecule has 2 rings (SSSR count). The Morgan fingerprint density at radius 3 is 3.06 bits per heavy atom. The van der Waals surface area contributed by atoms with Crippen LogP contribution in [0.1, 0.15) is 24.5 Å². The molecule has 0 bridgehead atoms. The third-order valence-corrected chi connectivity index (χ3v) is 3.39. The predicted molar refractivity (Wildman–Crippen MR) is 67.8 cm³/mol. The van der Waals surface area contributed by atoms with Crippen LogP contribution in [-0.4, -0.2) is 25.8 Å². The van der Waals surface area contributed by atoms with Crippen molar-refractivity contribution in [2.45, 2.75) is 39.4 Å². The van der Waals surface area contributed by atoms with Gasteiger partial charge in [0.1, 0.15) is 17.7 Å². The first-order valence-electron chi connectivity index (χ1n) is 5.77. The van der Waals surface area contributed by atoms with Crippen LogP contribution in [0.4, 0.5) is 0 Å². The van der Waals surface area contributed by atoms with Crippen LogP contribution in [0.3, 0.4) is 0 Å². The van der Waals surface area contributed by atoms with Gasteiger partial charge in [-0.2, -0.15) is 5.10 Å². The van der Waals surface area contributed by atoms with Gasteiger partial charge in [0.2, 0.25) is 0 Å². The molecule has 92 valence electrons. The summed E-state index contributed by atoms with van der Waals surface area (Å²) in [5.74, 6) is 0. The molecule has 0 aliphatic rings. The third-order valence-electron chi connectivity index (χ3n) is 2.49. The Bertz CT molecular complexity index is 436. The summed E-state index contributed by atoms with van der Waals surface area (Å²) in [5, 5.41) is 10.8. The fourth-order valence-corrected chi connectivity index (χ4v) is 2.35. The lowest BCUT2D eigenvalue weighted by atomic mass is 10.3. The standard InChI is InChI=1S/C11H17N5S/c1-3-10-6-17-11(15-10)4-13-9(2)5-16-8-12-7-14-16/h6-9,13H,3-5H2,1-2H3/t9-/m0/s1. The second-order valence-corrected chi connectivity index (χ2v) is 4.93. The van der Waals surface area contributed by atoms with Gasteiger partial charge in [0.05, 0.1) is 12.2 Å². The van der Waals surface area contributed by atoms with Crippen LogP contribution in [0.15, 0.2) is 18.0 Å². The van der Waals surface area contributed by atoms with E-state index in [9.17, 15) is 0 Å². The van der Waals surface area contributed by atoms with E-state index in [0.29, 0.717) is 6.04 Å². The second-order valence-electron chi connectivity index (χ2n) is 3.99. The minimum absolute atomic E-state index is 0.352. The molecule has 17 heavy (non-hydrogen) atoms. The van der Waals surface area contributed by atoms with E-state index in [2.05, 4.69) is 39.6 Å². The summed E-state index contributed by atoms with van der Waals surface area (Å²) in [4.78, 5) is 8.44. The normalized spacial score (nSPS) is 12.8. The molecule has 0 saturated carbocycles. The fourth-order valence-electron chi connectivity index (χ4n) is 1.53. The average Bonchev–Trinajstić information content (AvgIpc) is 2.96. The molecule has 2 aromatic rings. The van der Waals surface area contributed by atoms with Crippen molar-refractivity contribution in [2.75, 3.05) is 0 Å². The van der Waals surface area contributed by atoms with Crippen LogP contribution in [0.2, 0.25) is 0 Å². The SMILES string of the molecule is CCc1csc(CN[C@@H](C)Cn2cncn2)n1. The maximum absolute atomic E-state index is 4.52. The summed E-state index contributed by atoms with van der Waals surface area (Å²) in [6, 6.07) is 0.352. The number of aromatic nitrogens is 4. The van der Waals surface area contributed by atoms with E-state index in [-0.39, 0.29) is 0 Å². The number of hydrogen-bond acceptors (Lipinski definition) is 5. The van der Waals surface area contributed by atoms with Gasteiger partial charge < -0.3 is 5.32 Å². The van der Waals surface area contributed by atoms with E-state index in [1.165, 1.54) is 5.69 Å². The minimum Gasteiger partial charge on any atom is -0.306 e. The van der Waals surface area contributed by atoms with Crippen molar-refractivity contribution in [3.63, 3.8) is 0 Å². The largest absolute Gasteiger partial charge is 0.306 e. The average molecular weight is 251 g/mol. The molecule has 0 spiro atoms. The van der Waals surface area contributed by atoms with E-state index in [0.717, 1.165) is 24.5 Å². The number of thiazole rings is 1. The Kier molecular flexibility index (Phi) is 4.22. The molecule has 0 aromatic carbocycles. The van der Waals surface area contributed by atoms with Gasteiger partial charge in [-0.3, -0.25) is 4.68 Å². The quantitative estimate of drug-likeness (QED) is 0.845. The Labute approximate surface area is 105 Å². The summed E-state index contributed by atoms with van der Waals surface area (Å²) in [6.45, 7) is 5.90. The molecule has 0 fully saturated rings. The van der Waals surface area contributed by atoms with Crippen molar-refractivity contribution in [3.8, 4) is 0 Å². The zero-order chi connectivity index (χ0) is 12.1. The zero-order valence-electron chi connectivity index (χ0n) is 10.1. The highest BCUT2D eigenvalue weighted by molar-refractivity contribution is 7.09. The molecular weight excluding hydrogens is 234 g/mol. The van der Waals surface area contributed by atoms with E-state index < -0.39 is 0 Å². The summed E-state index contributed by atoms with van der Waals surface area (Å²) in [7, 11) is 0. The van der Waals surface area contributed by atoms with Crippen molar-refractivity contribution < 1.29 is 0 Å². The van der Waals surface area contributed by atoms with E-state index in [1.54, 1.807) is 24.0 Å². The fraction of sp³-hybridized carbons (Fsp3) is 0.545. The van der Waals surface area contributed by atoms with Crippen molar-refractivity contribution in [1.29, 1.82) is 0 Å². The lowest BCUT2D eigenvalue weighted by Crippen LogP contribution is -2.30. The van der Waals surface area contributed by atoms with Crippen molar-refractivity contribution in [1.82, 2.24) is 25.1 Å². The Balaban J connectivity index is 1.77. The van der Waals surface area contributed by atoms with E-state index in [4.69, 9.17) is 0 Å². The minimum atomic E-state index is 0.352. The summed E-state index contributed by atoms with van der Waals surface area (Å²) in [6.07, 6.45) is 4.29. The molecule has 1 atom stereocenters. The monoisotopic (exact) mass is 251 g/mol. The molecule has 0 aliphatic carbocycles. The maximum Gasteiger partial charge on any atom is 0.137 e. The van der Waals surface area contributed by atoms with Crippen LogP contribution in [0.25, 0.3) is 0 Å². The van der Waals surface area contributed by atoms with Crippen LogP contribution >= 0.6 is 11.3 Å². The molecule has 5 nitrogen and oxygen atoms in total. The zero-order valence-corrected chi connectivity index (χ0v) is 10.9. The maximum atomic E-state index is 4.52. The molecule has 0 radical (unpaired) electrons. The highest BCUT2D eigenvalue weighted by Crippen LogP contribution is 2.09. The number of nitrogens with one attached hydrogen (secondary N) is 1. The van der Waals surface area contributed by atoms with Gasteiger partial charge in [-0.1, -0.05) is 6.92 Å². The smallest absolute Gasteiger partial charge is 0.137 e. The van der Waals surface area contributed by atoms with Gasteiger partial charge >= 0.3 is 0 Å². The van der Waals surface area contributed by atoms with E-state index in [1.807, 2.05) is 4.68 Å². The third kappa shape index (κ3) is 3.61. The van der Waals surface area contributed by atoms with Gasteiger partial charge in [-0.25, -0.2) is 9.97 Å². The van der Waals surface area contributed by atoms with Gasteiger partial charge in [-0.05, 0) is 13.3 Å². The van der Waals surface area contributed by atoms with Crippen molar-refractivity contribution in [2.24, 2.45) is 0 Å². The van der Waals surface area contributed by atoms with Crippen molar-refractivity contribution in [3.05, 3.63) is 28.7 Å². The number of aryl methyl sites for hydroxylation is 1. The molecule has 0 saturated heterocycles. The number of hydrogen-bond donors (Lipinski definition) is 1. The number of nitrogens with zero attached hydrogens (tertiary/aromatic N) is 4. The Hall–Kier alpha value is -1.27. The highest BCUT2D eigenvalue weighted by atomic mass is 32.1. The highest BCUT2D eigenvalue weighted by Gasteiger charge is 2.05. The Morgan fingerprint density at radius 1 is 1.53 bits per heavy atom. The van der Waals surface area contributed by atoms with Gasteiger partial charge in [0.15, 0.2) is 0 Å². The molecule has 2 heterocycles. The van der Waals surface area contributed by atoms with Crippen LogP contribution in [0, 0.1) is 0 Å². The first-order chi connectivity index (χ1) is 8.28. The Morgan fingerprint density at radius 2 is 2.41 bits per heavy atom. The molecule has 0 amide bonds. The molecule has 0 aliphatic heterocycles. The topological polar surface area (TPSA) is 55.6 Å². The summed E-state index contributed by atoms with van der Waals surface area (Å²) >= 11 is 1.72. The van der Waals surface area contributed by atoms with Gasteiger partial charge in [-0.15, -0.1) is 11.3 Å². The molecule has 1 N–H and O–H groups in total. The van der Waals surface area contributed by atoms with Crippen LogP contribution in [-0.2, 0) is 19.5 Å². The van der Waals surface area contributed by atoms with Crippen LogP contribution in [0.5, 0.6) is 0 Å². The van der Waals surface area contributed by atoms with E-state index >= 15 is 0 Å². The van der Waals surface area contributed by atoms with Crippen molar-refractivity contribution >= 4 is 11.3 Å². The molecule has 2 aromatic heterocycles. The molecule has 6 heteroatoms. The molecule has 0 unspecified atom stereocenters. The number of rotatable bonds is 6. The lowest BCUT2D eigenvalue weighted by Gasteiger charge is -2.12.